The van der Waals surface area contributed by atoms with Crippen molar-refractivity contribution >= 4 is 17.5 Å². The summed E-state index contributed by atoms with van der Waals surface area (Å²) in [5.41, 5.74) is 0.868. The predicted octanol–water partition coefficient (Wildman–Crippen LogP) is 2.86. The third-order valence-electron chi connectivity index (χ3n) is 6.68. The van der Waals surface area contributed by atoms with Gasteiger partial charge in [0.15, 0.2) is 0 Å². The topological polar surface area (TPSA) is 82.1 Å². The number of aromatic hydroxyl groups is 1. The molecule has 2 aliphatic rings. The summed E-state index contributed by atoms with van der Waals surface area (Å²) < 4.78 is 19.7. The van der Waals surface area contributed by atoms with Gasteiger partial charge in [-0.25, -0.2) is 4.39 Å². The minimum Gasteiger partial charge on any atom is -0.508 e. The van der Waals surface area contributed by atoms with E-state index in [9.17, 15) is 19.1 Å². The number of carbonyl (C=O) groups is 2. The zero-order valence-electron chi connectivity index (χ0n) is 18.8. The number of phenols is 1. The molecule has 0 bridgehead atoms. The fourth-order valence-corrected chi connectivity index (χ4v) is 4.74. The number of hydrogen-bond donors (Lipinski definition) is 2. The molecule has 2 aromatic rings. The van der Waals surface area contributed by atoms with Gasteiger partial charge in [-0.2, -0.15) is 0 Å². The summed E-state index contributed by atoms with van der Waals surface area (Å²) in [6.07, 6.45) is 2.04. The van der Waals surface area contributed by atoms with Crippen molar-refractivity contribution in [3.05, 3.63) is 53.8 Å². The van der Waals surface area contributed by atoms with Gasteiger partial charge in [0.25, 0.3) is 0 Å². The van der Waals surface area contributed by atoms with Gasteiger partial charge in [-0.1, -0.05) is 0 Å². The van der Waals surface area contributed by atoms with Crippen LogP contribution in [-0.4, -0.2) is 60.6 Å². The second kappa shape index (κ2) is 9.68. The Morgan fingerprint density at radius 2 is 1.88 bits per heavy atom. The maximum Gasteiger partial charge on any atom is 0.222 e. The molecule has 2 fully saturated rings. The quantitative estimate of drug-likeness (QED) is 0.671. The van der Waals surface area contributed by atoms with Gasteiger partial charge < -0.3 is 25.0 Å². The summed E-state index contributed by atoms with van der Waals surface area (Å²) in [7, 11) is 1.53. The summed E-state index contributed by atoms with van der Waals surface area (Å²) in [6, 6.07) is 11.7. The minimum atomic E-state index is -0.631. The van der Waals surface area contributed by atoms with Crippen molar-refractivity contribution in [2.24, 2.45) is 0 Å². The van der Waals surface area contributed by atoms with E-state index < -0.39 is 5.54 Å². The van der Waals surface area contributed by atoms with Crippen molar-refractivity contribution in [2.45, 2.75) is 37.6 Å². The standard InChI is InChI=1S/C25H30FN3O4/c1-33-21-6-7-22(26)18(16-21)17-25(10-8-23(31)27-25)11-9-24(32)29-14-12-28(13-15-29)19-2-4-20(30)5-3-19/h2-7,16,30H,8-15,17H2,1H3,(H,27,31). The molecule has 0 aliphatic carbocycles. The first-order valence-corrected chi connectivity index (χ1v) is 11.3. The highest BCUT2D eigenvalue weighted by molar-refractivity contribution is 5.80. The number of anilines is 1. The molecular formula is C25H30FN3O4. The van der Waals surface area contributed by atoms with Crippen LogP contribution in [0.5, 0.6) is 11.5 Å². The molecule has 8 heteroatoms. The van der Waals surface area contributed by atoms with E-state index in [1.54, 1.807) is 24.3 Å². The number of phenolic OH excluding ortho intramolecular Hbond substituents is 1. The lowest BCUT2D eigenvalue weighted by Gasteiger charge is -2.37. The SMILES string of the molecule is COc1ccc(F)c(CC2(CCC(=O)N3CCN(c4ccc(O)cc4)CC3)CCC(=O)N2)c1. The molecule has 2 heterocycles. The Hall–Kier alpha value is -3.29. The van der Waals surface area contributed by atoms with E-state index in [-0.39, 0.29) is 23.4 Å². The van der Waals surface area contributed by atoms with Gasteiger partial charge >= 0.3 is 0 Å². The van der Waals surface area contributed by atoms with E-state index >= 15 is 0 Å². The highest BCUT2D eigenvalue weighted by atomic mass is 19.1. The Kier molecular flexibility index (Phi) is 6.72. The van der Waals surface area contributed by atoms with Crippen molar-refractivity contribution < 1.29 is 23.8 Å². The summed E-state index contributed by atoms with van der Waals surface area (Å²) >= 11 is 0. The first-order valence-electron chi connectivity index (χ1n) is 11.3. The normalized spacial score (nSPS) is 20.6. The van der Waals surface area contributed by atoms with Crippen LogP contribution < -0.4 is 15.0 Å². The van der Waals surface area contributed by atoms with E-state index in [0.717, 1.165) is 5.69 Å². The van der Waals surface area contributed by atoms with Gasteiger partial charge in [-0.3, -0.25) is 9.59 Å². The fourth-order valence-electron chi connectivity index (χ4n) is 4.74. The molecule has 0 radical (unpaired) electrons. The van der Waals surface area contributed by atoms with Gasteiger partial charge in [-0.15, -0.1) is 0 Å². The highest BCUT2D eigenvalue weighted by Crippen LogP contribution is 2.32. The number of nitrogens with one attached hydrogen (secondary N) is 1. The monoisotopic (exact) mass is 455 g/mol. The van der Waals surface area contributed by atoms with Crippen LogP contribution in [0.4, 0.5) is 10.1 Å². The molecule has 33 heavy (non-hydrogen) atoms. The predicted molar refractivity (Wildman–Crippen MR) is 123 cm³/mol. The largest absolute Gasteiger partial charge is 0.508 e. The second-order valence-electron chi connectivity index (χ2n) is 8.85. The van der Waals surface area contributed by atoms with E-state index in [1.165, 1.54) is 13.2 Å². The smallest absolute Gasteiger partial charge is 0.222 e. The van der Waals surface area contributed by atoms with Crippen LogP contribution in [0.25, 0.3) is 0 Å². The number of amides is 2. The summed E-state index contributed by atoms with van der Waals surface area (Å²) in [6.45, 7) is 2.66. The van der Waals surface area contributed by atoms with Gasteiger partial charge in [0.1, 0.15) is 17.3 Å². The van der Waals surface area contributed by atoms with Crippen LogP contribution in [0.3, 0.4) is 0 Å². The maximum absolute atomic E-state index is 14.5. The van der Waals surface area contributed by atoms with Gasteiger partial charge in [0.05, 0.1) is 7.11 Å². The molecule has 2 saturated heterocycles. The molecule has 1 atom stereocenters. The molecule has 176 valence electrons. The number of ether oxygens (including phenoxy) is 1. The third kappa shape index (κ3) is 5.38. The molecule has 0 aromatic heterocycles. The van der Waals surface area contributed by atoms with Crippen LogP contribution in [-0.2, 0) is 16.0 Å². The average Bonchev–Trinajstić information content (AvgIpc) is 3.20. The first-order chi connectivity index (χ1) is 15.9. The number of carbonyl (C=O) groups excluding carboxylic acids is 2. The zero-order valence-corrected chi connectivity index (χ0v) is 18.8. The van der Waals surface area contributed by atoms with Crippen LogP contribution in [0, 0.1) is 5.82 Å². The molecule has 7 nitrogen and oxygen atoms in total. The third-order valence-corrected chi connectivity index (χ3v) is 6.68. The molecule has 1 unspecified atom stereocenters. The fraction of sp³-hybridized carbons (Fsp3) is 0.440. The van der Waals surface area contributed by atoms with Crippen molar-refractivity contribution in [2.75, 3.05) is 38.2 Å². The number of halogens is 1. The van der Waals surface area contributed by atoms with E-state index in [4.69, 9.17) is 4.74 Å². The summed E-state index contributed by atoms with van der Waals surface area (Å²) in [5.74, 6) is 0.441. The average molecular weight is 456 g/mol. The number of nitrogens with zero attached hydrogens (tertiary/aromatic N) is 2. The Morgan fingerprint density at radius 1 is 1.15 bits per heavy atom. The lowest BCUT2D eigenvalue weighted by molar-refractivity contribution is -0.132. The zero-order chi connectivity index (χ0) is 23.4. The van der Waals surface area contributed by atoms with E-state index in [0.29, 0.717) is 69.6 Å². The number of methoxy groups -OCH3 is 1. The van der Waals surface area contributed by atoms with E-state index in [2.05, 4.69) is 10.2 Å². The Morgan fingerprint density at radius 3 is 2.52 bits per heavy atom. The molecule has 4 rings (SSSR count). The Balaban J connectivity index is 1.36. The molecule has 2 aliphatic heterocycles. The van der Waals surface area contributed by atoms with Gasteiger partial charge in [0, 0.05) is 50.2 Å². The number of rotatable bonds is 7. The minimum absolute atomic E-state index is 0.0481. The van der Waals surface area contributed by atoms with Crippen molar-refractivity contribution in [3.8, 4) is 11.5 Å². The Bertz CT molecular complexity index is 1010. The molecule has 0 saturated carbocycles. The molecule has 0 spiro atoms. The van der Waals surface area contributed by atoms with Crippen LogP contribution in [0.15, 0.2) is 42.5 Å². The lowest BCUT2D eigenvalue weighted by Crippen LogP contribution is -2.50. The number of piperazine rings is 1. The van der Waals surface area contributed by atoms with Crippen molar-refractivity contribution in [3.63, 3.8) is 0 Å². The van der Waals surface area contributed by atoms with Gasteiger partial charge in [0.2, 0.25) is 11.8 Å². The number of benzene rings is 2. The highest BCUT2D eigenvalue weighted by Gasteiger charge is 2.39. The van der Waals surface area contributed by atoms with Crippen LogP contribution in [0.2, 0.25) is 0 Å². The molecule has 2 amide bonds. The van der Waals surface area contributed by atoms with Gasteiger partial charge in [-0.05, 0) is 67.3 Å². The lowest BCUT2D eigenvalue weighted by atomic mass is 9.84. The molecule has 2 aromatic carbocycles. The molecular weight excluding hydrogens is 425 g/mol. The summed E-state index contributed by atoms with van der Waals surface area (Å²) in [4.78, 5) is 29.0. The van der Waals surface area contributed by atoms with Crippen LogP contribution >= 0.6 is 0 Å². The summed E-state index contributed by atoms with van der Waals surface area (Å²) in [5, 5.41) is 12.5. The molecule has 2 N–H and O–H groups in total. The van der Waals surface area contributed by atoms with Crippen molar-refractivity contribution in [1.82, 2.24) is 10.2 Å². The first kappa shape index (κ1) is 22.9. The number of hydrogen-bond acceptors (Lipinski definition) is 5. The van der Waals surface area contributed by atoms with E-state index in [1.807, 2.05) is 17.0 Å². The van der Waals surface area contributed by atoms with Crippen LogP contribution in [0.1, 0.15) is 31.2 Å². The second-order valence-corrected chi connectivity index (χ2v) is 8.85. The Labute approximate surface area is 193 Å². The van der Waals surface area contributed by atoms with Crippen molar-refractivity contribution in [1.29, 1.82) is 0 Å². The maximum atomic E-state index is 14.5.